The third-order valence-electron chi connectivity index (χ3n) is 5.09. The van der Waals surface area contributed by atoms with E-state index >= 15 is 0 Å². The molecule has 0 spiro atoms. The van der Waals surface area contributed by atoms with Gasteiger partial charge in [-0.15, -0.1) is 0 Å². The molecule has 0 radical (unpaired) electrons. The third-order valence-corrected chi connectivity index (χ3v) is 5.09. The molecule has 0 aromatic carbocycles. The van der Waals surface area contributed by atoms with E-state index in [0.29, 0.717) is 30.3 Å². The molecule has 1 saturated carbocycles. The SMILES string of the molecule is CCc1ncncc1CNc1ncc(C#N)c(N[C@@H]2C[C@H](O)C2(C)C)n1. The van der Waals surface area contributed by atoms with E-state index in [9.17, 15) is 10.4 Å². The maximum absolute atomic E-state index is 9.90. The van der Waals surface area contributed by atoms with Crippen LogP contribution >= 0.6 is 0 Å². The summed E-state index contributed by atoms with van der Waals surface area (Å²) in [4.78, 5) is 17.0. The van der Waals surface area contributed by atoms with Crippen LogP contribution in [0.4, 0.5) is 11.8 Å². The molecule has 2 heterocycles. The predicted molar refractivity (Wildman–Crippen MR) is 97.3 cm³/mol. The van der Waals surface area contributed by atoms with Crippen molar-refractivity contribution in [1.82, 2.24) is 19.9 Å². The van der Waals surface area contributed by atoms with Gasteiger partial charge in [0.25, 0.3) is 0 Å². The second-order valence-electron chi connectivity index (χ2n) is 7.04. The molecule has 136 valence electrons. The highest BCUT2D eigenvalue weighted by Gasteiger charge is 2.47. The number of hydrogen-bond donors (Lipinski definition) is 3. The van der Waals surface area contributed by atoms with Crippen LogP contribution in [0.25, 0.3) is 0 Å². The molecule has 3 rings (SSSR count). The molecule has 0 saturated heterocycles. The molecule has 0 unspecified atom stereocenters. The largest absolute Gasteiger partial charge is 0.392 e. The smallest absolute Gasteiger partial charge is 0.224 e. The minimum absolute atomic E-state index is 0.0570. The predicted octanol–water partition coefficient (Wildman–Crippen LogP) is 1.88. The number of aliphatic hydroxyl groups excluding tert-OH is 1. The summed E-state index contributed by atoms with van der Waals surface area (Å²) in [7, 11) is 0. The molecule has 26 heavy (non-hydrogen) atoms. The molecule has 2 atom stereocenters. The van der Waals surface area contributed by atoms with Crippen LogP contribution in [-0.4, -0.2) is 37.2 Å². The molecule has 0 aliphatic heterocycles. The molecule has 3 N–H and O–H groups in total. The Bertz CT molecular complexity index is 831. The Kier molecular flexibility index (Phi) is 5.00. The first-order chi connectivity index (χ1) is 12.5. The van der Waals surface area contributed by atoms with Gasteiger partial charge in [0.15, 0.2) is 0 Å². The highest BCUT2D eigenvalue weighted by Crippen LogP contribution is 2.42. The number of nitrogens with zero attached hydrogens (tertiary/aromatic N) is 5. The number of nitrogens with one attached hydrogen (secondary N) is 2. The molecular weight excluding hydrogens is 330 g/mol. The monoisotopic (exact) mass is 353 g/mol. The standard InChI is InChI=1S/C18H23N7O/c1-4-13-12(7-20-10-23-13)9-22-17-21-8-11(6-19)16(25-17)24-14-5-15(26)18(14,2)3/h7-8,10,14-15,26H,4-5,9H2,1-3H3,(H2,21,22,24,25)/t14-,15+/m1/s1. The number of anilines is 2. The number of aliphatic hydroxyl groups is 1. The minimum Gasteiger partial charge on any atom is -0.392 e. The number of nitriles is 1. The average Bonchev–Trinajstić information content (AvgIpc) is 2.66. The first-order valence-electron chi connectivity index (χ1n) is 8.69. The Balaban J connectivity index is 1.74. The van der Waals surface area contributed by atoms with Crippen molar-refractivity contribution in [2.24, 2.45) is 5.41 Å². The van der Waals surface area contributed by atoms with Crippen molar-refractivity contribution in [3.8, 4) is 6.07 Å². The van der Waals surface area contributed by atoms with E-state index in [-0.39, 0.29) is 17.6 Å². The Morgan fingerprint density at radius 1 is 1.35 bits per heavy atom. The fourth-order valence-corrected chi connectivity index (χ4v) is 3.00. The van der Waals surface area contributed by atoms with E-state index in [1.807, 2.05) is 20.8 Å². The van der Waals surface area contributed by atoms with Gasteiger partial charge in [-0.2, -0.15) is 10.2 Å². The van der Waals surface area contributed by atoms with Gasteiger partial charge < -0.3 is 15.7 Å². The number of hydrogen-bond acceptors (Lipinski definition) is 8. The fraction of sp³-hybridized carbons (Fsp3) is 0.500. The second kappa shape index (κ2) is 7.22. The Labute approximate surface area is 152 Å². The molecule has 1 aliphatic rings. The maximum atomic E-state index is 9.90. The van der Waals surface area contributed by atoms with Gasteiger partial charge in [-0.3, -0.25) is 0 Å². The number of rotatable bonds is 6. The van der Waals surface area contributed by atoms with Crippen molar-refractivity contribution in [3.63, 3.8) is 0 Å². The zero-order valence-electron chi connectivity index (χ0n) is 15.2. The van der Waals surface area contributed by atoms with Crippen molar-refractivity contribution in [1.29, 1.82) is 5.26 Å². The lowest BCUT2D eigenvalue weighted by atomic mass is 9.64. The summed E-state index contributed by atoms with van der Waals surface area (Å²) in [6.45, 7) is 6.53. The van der Waals surface area contributed by atoms with E-state index in [2.05, 4.69) is 36.6 Å². The van der Waals surface area contributed by atoms with Crippen molar-refractivity contribution < 1.29 is 5.11 Å². The Morgan fingerprint density at radius 2 is 2.15 bits per heavy atom. The van der Waals surface area contributed by atoms with Crippen molar-refractivity contribution >= 4 is 11.8 Å². The second-order valence-corrected chi connectivity index (χ2v) is 7.04. The lowest BCUT2D eigenvalue weighted by Crippen LogP contribution is -2.57. The van der Waals surface area contributed by atoms with E-state index < -0.39 is 0 Å². The average molecular weight is 353 g/mol. The number of aryl methyl sites for hydroxylation is 1. The highest BCUT2D eigenvalue weighted by atomic mass is 16.3. The van der Waals surface area contributed by atoms with Gasteiger partial charge in [0.05, 0.1) is 12.3 Å². The van der Waals surface area contributed by atoms with Crippen LogP contribution in [0.3, 0.4) is 0 Å². The van der Waals surface area contributed by atoms with Crippen LogP contribution in [0, 0.1) is 16.7 Å². The lowest BCUT2D eigenvalue weighted by molar-refractivity contribution is -0.0511. The number of aromatic nitrogens is 4. The van der Waals surface area contributed by atoms with Gasteiger partial charge >= 0.3 is 0 Å². The molecule has 2 aromatic heterocycles. The molecule has 0 bridgehead atoms. The van der Waals surface area contributed by atoms with Gasteiger partial charge in [0.2, 0.25) is 5.95 Å². The summed E-state index contributed by atoms with van der Waals surface area (Å²) in [5, 5.41) is 25.7. The molecule has 8 heteroatoms. The third kappa shape index (κ3) is 3.44. The Morgan fingerprint density at radius 3 is 2.81 bits per heavy atom. The van der Waals surface area contributed by atoms with Crippen molar-refractivity contribution in [3.05, 3.63) is 35.5 Å². The van der Waals surface area contributed by atoms with Crippen LogP contribution in [0.1, 0.15) is 44.0 Å². The zero-order chi connectivity index (χ0) is 18.7. The topological polar surface area (TPSA) is 120 Å². The highest BCUT2D eigenvalue weighted by molar-refractivity contribution is 5.54. The van der Waals surface area contributed by atoms with Gasteiger partial charge in [-0.1, -0.05) is 20.8 Å². The summed E-state index contributed by atoms with van der Waals surface area (Å²) in [5.74, 6) is 0.907. The van der Waals surface area contributed by atoms with Crippen LogP contribution in [0.15, 0.2) is 18.7 Å². The molecule has 1 aliphatic carbocycles. The zero-order valence-corrected chi connectivity index (χ0v) is 15.2. The molecular formula is C18H23N7O. The first-order valence-corrected chi connectivity index (χ1v) is 8.69. The van der Waals surface area contributed by atoms with Crippen LogP contribution in [0.5, 0.6) is 0 Å². The summed E-state index contributed by atoms with van der Waals surface area (Å²) >= 11 is 0. The summed E-state index contributed by atoms with van der Waals surface area (Å²) in [6.07, 6.45) is 5.92. The summed E-state index contributed by atoms with van der Waals surface area (Å²) in [5.41, 5.74) is 2.08. The quantitative estimate of drug-likeness (QED) is 0.720. The van der Waals surface area contributed by atoms with E-state index in [4.69, 9.17) is 0 Å². The van der Waals surface area contributed by atoms with Gasteiger partial charge in [0, 0.05) is 35.5 Å². The van der Waals surface area contributed by atoms with Crippen molar-refractivity contribution in [2.45, 2.75) is 52.3 Å². The van der Waals surface area contributed by atoms with E-state index in [0.717, 1.165) is 17.7 Å². The van der Waals surface area contributed by atoms with Crippen LogP contribution < -0.4 is 10.6 Å². The van der Waals surface area contributed by atoms with Crippen molar-refractivity contribution in [2.75, 3.05) is 10.6 Å². The molecule has 2 aromatic rings. The van der Waals surface area contributed by atoms with Gasteiger partial charge in [-0.25, -0.2) is 15.0 Å². The normalized spacial score (nSPS) is 20.7. The Hall–Kier alpha value is -2.79. The van der Waals surface area contributed by atoms with E-state index in [1.54, 1.807) is 6.20 Å². The lowest BCUT2D eigenvalue weighted by Gasteiger charge is -2.49. The summed E-state index contributed by atoms with van der Waals surface area (Å²) < 4.78 is 0. The fourth-order valence-electron chi connectivity index (χ4n) is 3.00. The first kappa shape index (κ1) is 18.0. The maximum Gasteiger partial charge on any atom is 0.224 e. The van der Waals surface area contributed by atoms with Gasteiger partial charge in [-0.05, 0) is 12.8 Å². The minimum atomic E-state index is -0.351. The molecule has 1 fully saturated rings. The van der Waals surface area contributed by atoms with Crippen LogP contribution in [-0.2, 0) is 13.0 Å². The summed E-state index contributed by atoms with van der Waals surface area (Å²) in [6, 6.07) is 2.17. The molecule has 8 nitrogen and oxygen atoms in total. The van der Waals surface area contributed by atoms with Gasteiger partial charge in [0.1, 0.15) is 23.8 Å². The molecule has 0 amide bonds. The van der Waals surface area contributed by atoms with Crippen LogP contribution in [0.2, 0.25) is 0 Å². The van der Waals surface area contributed by atoms with E-state index in [1.165, 1.54) is 12.5 Å².